The smallest absolute Gasteiger partial charge is 0.265 e. The number of amides is 1. The van der Waals surface area contributed by atoms with Crippen LogP contribution in [-0.4, -0.2) is 10.9 Å². The maximum atomic E-state index is 10.8. The van der Waals surface area contributed by atoms with E-state index >= 15 is 0 Å². The lowest BCUT2D eigenvalue weighted by Gasteiger charge is -1.88. The van der Waals surface area contributed by atoms with Crippen LogP contribution in [0.5, 0.6) is 0 Å². The number of hydrogen-bond acceptors (Lipinski definition) is 1. The summed E-state index contributed by atoms with van der Waals surface area (Å²) in [4.78, 5) is 13.7. The largest absolute Gasteiger partial charge is 0.364 e. The van der Waals surface area contributed by atoms with E-state index in [1.165, 1.54) is 0 Å². The van der Waals surface area contributed by atoms with Crippen LogP contribution in [0.2, 0.25) is 5.02 Å². The fourth-order valence-electron chi connectivity index (χ4n) is 1.24. The van der Waals surface area contributed by atoms with Crippen LogP contribution in [0, 0.1) is 0 Å². The van der Waals surface area contributed by atoms with E-state index in [0.717, 1.165) is 10.9 Å². The highest BCUT2D eigenvalue weighted by atomic mass is 35.5. The summed E-state index contributed by atoms with van der Waals surface area (Å²) in [6.45, 7) is 0. The summed E-state index contributed by atoms with van der Waals surface area (Å²) in [5.74, 6) is -0.465. The molecule has 3 N–H and O–H groups in total. The third-order valence-corrected chi connectivity index (χ3v) is 2.08. The van der Waals surface area contributed by atoms with Gasteiger partial charge < -0.3 is 10.7 Å². The van der Waals surface area contributed by atoms with E-state index in [4.69, 9.17) is 17.3 Å². The maximum Gasteiger partial charge on any atom is 0.265 e. The number of fused-ring (bicyclic) bond motifs is 1. The first-order chi connectivity index (χ1) is 6.16. The number of benzene rings is 1. The van der Waals surface area contributed by atoms with Gasteiger partial charge in [0.05, 0.1) is 0 Å². The van der Waals surface area contributed by atoms with Crippen molar-refractivity contribution < 1.29 is 4.79 Å². The van der Waals surface area contributed by atoms with Gasteiger partial charge in [-0.3, -0.25) is 4.79 Å². The van der Waals surface area contributed by atoms with E-state index < -0.39 is 5.91 Å². The molecular weight excluding hydrogens is 188 g/mol. The number of hydrogen-bond donors (Lipinski definition) is 2. The number of rotatable bonds is 1. The number of primary amides is 1. The predicted molar refractivity (Wildman–Crippen MR) is 51.8 cm³/mol. The number of aromatic amines is 1. The maximum absolute atomic E-state index is 10.8. The first kappa shape index (κ1) is 8.13. The van der Waals surface area contributed by atoms with Crippen molar-refractivity contribution in [3.05, 3.63) is 35.0 Å². The van der Waals surface area contributed by atoms with Crippen LogP contribution in [0.4, 0.5) is 0 Å². The number of halogens is 1. The topological polar surface area (TPSA) is 58.9 Å². The van der Waals surface area contributed by atoms with Gasteiger partial charge in [-0.15, -0.1) is 0 Å². The van der Waals surface area contributed by atoms with E-state index in [0.29, 0.717) is 10.7 Å². The molecule has 0 aliphatic rings. The van der Waals surface area contributed by atoms with Crippen molar-refractivity contribution in [1.82, 2.24) is 4.98 Å². The van der Waals surface area contributed by atoms with Crippen LogP contribution in [0.3, 0.4) is 0 Å². The van der Waals surface area contributed by atoms with Gasteiger partial charge in [-0.1, -0.05) is 11.6 Å². The minimum Gasteiger partial charge on any atom is -0.364 e. The second kappa shape index (κ2) is 2.78. The molecule has 13 heavy (non-hydrogen) atoms. The van der Waals surface area contributed by atoms with Gasteiger partial charge in [0.15, 0.2) is 0 Å². The molecular formula is C9H7ClN2O. The quantitative estimate of drug-likeness (QED) is 0.716. The summed E-state index contributed by atoms with van der Waals surface area (Å²) < 4.78 is 0. The van der Waals surface area contributed by atoms with Crippen molar-refractivity contribution >= 4 is 28.4 Å². The zero-order chi connectivity index (χ0) is 9.42. The Morgan fingerprint density at radius 1 is 1.38 bits per heavy atom. The molecule has 0 spiro atoms. The predicted octanol–water partition coefficient (Wildman–Crippen LogP) is 1.92. The molecule has 66 valence electrons. The highest BCUT2D eigenvalue weighted by Crippen LogP contribution is 2.19. The summed E-state index contributed by atoms with van der Waals surface area (Å²) in [7, 11) is 0. The number of carbonyl (C=O) groups is 1. The molecule has 1 aromatic carbocycles. The van der Waals surface area contributed by atoms with Crippen molar-refractivity contribution in [2.24, 2.45) is 5.73 Å². The molecule has 0 saturated carbocycles. The van der Waals surface area contributed by atoms with Crippen molar-refractivity contribution in [2.45, 2.75) is 0 Å². The molecule has 1 heterocycles. The Morgan fingerprint density at radius 2 is 2.15 bits per heavy atom. The van der Waals surface area contributed by atoms with Crippen LogP contribution in [0.15, 0.2) is 24.3 Å². The number of aromatic nitrogens is 1. The Balaban J connectivity index is 2.68. The SMILES string of the molecule is NC(=O)c1cc2cc(Cl)ccc2[nH]1. The van der Waals surface area contributed by atoms with E-state index in [1.54, 1.807) is 18.2 Å². The highest BCUT2D eigenvalue weighted by Gasteiger charge is 2.04. The molecule has 0 aliphatic carbocycles. The van der Waals surface area contributed by atoms with E-state index in [9.17, 15) is 4.79 Å². The lowest BCUT2D eigenvalue weighted by Crippen LogP contribution is -2.10. The lowest BCUT2D eigenvalue weighted by molar-refractivity contribution is 0.0996. The second-order valence-electron chi connectivity index (χ2n) is 2.78. The molecule has 0 aliphatic heterocycles. The van der Waals surface area contributed by atoms with Gasteiger partial charge in [-0.25, -0.2) is 0 Å². The van der Waals surface area contributed by atoms with Gasteiger partial charge in [-0.05, 0) is 24.3 Å². The van der Waals surface area contributed by atoms with Crippen molar-refractivity contribution in [3.8, 4) is 0 Å². The molecule has 1 aromatic heterocycles. The monoisotopic (exact) mass is 194 g/mol. The third kappa shape index (κ3) is 1.38. The summed E-state index contributed by atoms with van der Waals surface area (Å²) >= 11 is 5.78. The van der Waals surface area contributed by atoms with Gasteiger partial charge >= 0.3 is 0 Å². The Morgan fingerprint density at radius 3 is 2.85 bits per heavy atom. The Kier molecular flexibility index (Phi) is 1.74. The van der Waals surface area contributed by atoms with Crippen molar-refractivity contribution in [1.29, 1.82) is 0 Å². The highest BCUT2D eigenvalue weighted by molar-refractivity contribution is 6.31. The minimum atomic E-state index is -0.465. The molecule has 2 aromatic rings. The zero-order valence-electron chi connectivity index (χ0n) is 6.67. The Bertz CT molecular complexity index is 475. The molecule has 0 unspecified atom stereocenters. The van der Waals surface area contributed by atoms with Gasteiger partial charge in [-0.2, -0.15) is 0 Å². The Hall–Kier alpha value is -1.48. The standard InChI is InChI=1S/C9H7ClN2O/c10-6-1-2-7-5(3-6)4-8(12-7)9(11)13/h1-4,12H,(H2,11,13). The molecule has 0 radical (unpaired) electrons. The summed E-state index contributed by atoms with van der Waals surface area (Å²) in [5.41, 5.74) is 6.37. The van der Waals surface area contributed by atoms with E-state index in [1.807, 2.05) is 6.07 Å². The van der Waals surface area contributed by atoms with Crippen molar-refractivity contribution in [3.63, 3.8) is 0 Å². The van der Waals surface area contributed by atoms with Gasteiger partial charge in [0, 0.05) is 15.9 Å². The average molecular weight is 195 g/mol. The van der Waals surface area contributed by atoms with Gasteiger partial charge in [0.25, 0.3) is 5.91 Å². The molecule has 0 fully saturated rings. The van der Waals surface area contributed by atoms with Crippen LogP contribution in [0.25, 0.3) is 10.9 Å². The number of nitrogens with one attached hydrogen (secondary N) is 1. The van der Waals surface area contributed by atoms with Crippen LogP contribution in [0.1, 0.15) is 10.5 Å². The summed E-state index contributed by atoms with van der Waals surface area (Å²) in [6, 6.07) is 7.03. The van der Waals surface area contributed by atoms with Gasteiger partial charge in [0.1, 0.15) is 5.69 Å². The summed E-state index contributed by atoms with van der Waals surface area (Å²) in [6.07, 6.45) is 0. The number of carbonyl (C=O) groups excluding carboxylic acids is 1. The molecule has 1 amide bonds. The first-order valence-electron chi connectivity index (χ1n) is 3.75. The molecule has 0 saturated heterocycles. The second-order valence-corrected chi connectivity index (χ2v) is 3.22. The number of nitrogens with two attached hydrogens (primary N) is 1. The average Bonchev–Trinajstić information content (AvgIpc) is 2.46. The normalized spacial score (nSPS) is 10.5. The first-order valence-corrected chi connectivity index (χ1v) is 4.13. The third-order valence-electron chi connectivity index (χ3n) is 1.85. The Labute approximate surface area is 79.5 Å². The van der Waals surface area contributed by atoms with Crippen LogP contribution < -0.4 is 5.73 Å². The van der Waals surface area contributed by atoms with E-state index in [-0.39, 0.29) is 0 Å². The van der Waals surface area contributed by atoms with Crippen LogP contribution >= 0.6 is 11.6 Å². The molecule has 0 atom stereocenters. The molecule has 3 nitrogen and oxygen atoms in total. The van der Waals surface area contributed by atoms with Crippen molar-refractivity contribution in [2.75, 3.05) is 0 Å². The summed E-state index contributed by atoms with van der Waals surface area (Å²) in [5, 5.41) is 1.53. The molecule has 0 bridgehead atoms. The van der Waals surface area contributed by atoms with Crippen LogP contribution in [-0.2, 0) is 0 Å². The molecule has 2 rings (SSSR count). The van der Waals surface area contributed by atoms with Gasteiger partial charge in [0.2, 0.25) is 0 Å². The molecule has 4 heteroatoms. The lowest BCUT2D eigenvalue weighted by atomic mass is 10.2. The minimum absolute atomic E-state index is 0.400. The zero-order valence-corrected chi connectivity index (χ0v) is 7.43. The fraction of sp³-hybridized carbons (Fsp3) is 0. The number of H-pyrrole nitrogens is 1. The van der Waals surface area contributed by atoms with E-state index in [2.05, 4.69) is 4.98 Å². The fourth-order valence-corrected chi connectivity index (χ4v) is 1.42.